The molecule has 1 saturated heterocycles. The van der Waals surface area contributed by atoms with Crippen LogP contribution in [0.5, 0.6) is 5.75 Å². The topological polar surface area (TPSA) is 53.3 Å². The minimum atomic E-state index is -2.88. The summed E-state index contributed by atoms with van der Waals surface area (Å²) < 4.78 is 28.3. The van der Waals surface area contributed by atoms with Gasteiger partial charge in [0.2, 0.25) is 0 Å². The number of hydrogen-bond acceptors (Lipinski definition) is 3. The molecule has 0 aromatic heterocycles. The van der Waals surface area contributed by atoms with E-state index in [1.807, 2.05) is 0 Å². The molecule has 1 heterocycles. The number of alkyl halides is 2. The lowest BCUT2D eigenvalue weighted by molar-refractivity contribution is -0.0498. The Morgan fingerprint density at radius 3 is 2.70 bits per heavy atom. The summed E-state index contributed by atoms with van der Waals surface area (Å²) in [5, 5.41) is 8.91. The van der Waals surface area contributed by atoms with E-state index in [1.165, 1.54) is 24.3 Å². The molecule has 1 aromatic rings. The Morgan fingerprint density at radius 2 is 2.10 bits per heavy atom. The Bertz CT molecular complexity index is 511. The van der Waals surface area contributed by atoms with Crippen molar-refractivity contribution in [2.75, 3.05) is 13.1 Å². The SMILES string of the molecule is N#CC1CCCN(C(=O)c2ccc(OC(F)F)cc2)C1. The standard InChI is InChI=1S/C14H14F2N2O2/c15-14(16)20-12-5-3-11(4-6-12)13(19)18-7-1-2-10(8-17)9-18/h3-6,10,14H,1-2,7,9H2. The predicted octanol–water partition coefficient (Wildman–Crippen LogP) is 2.66. The van der Waals surface area contributed by atoms with Gasteiger partial charge in [-0.2, -0.15) is 14.0 Å². The van der Waals surface area contributed by atoms with Crippen molar-refractivity contribution in [3.63, 3.8) is 0 Å². The van der Waals surface area contributed by atoms with Crippen molar-refractivity contribution in [2.45, 2.75) is 19.5 Å². The Balaban J connectivity index is 2.03. The predicted molar refractivity (Wildman–Crippen MR) is 67.3 cm³/mol. The molecular weight excluding hydrogens is 266 g/mol. The highest BCUT2D eigenvalue weighted by Crippen LogP contribution is 2.20. The number of rotatable bonds is 3. The summed E-state index contributed by atoms with van der Waals surface area (Å²) in [5.74, 6) is -0.298. The molecular formula is C14H14F2N2O2. The van der Waals surface area contributed by atoms with Crippen LogP contribution in [0.2, 0.25) is 0 Å². The molecule has 1 aliphatic rings. The third kappa shape index (κ3) is 3.44. The molecule has 1 aromatic carbocycles. The first kappa shape index (κ1) is 14.3. The molecule has 6 heteroatoms. The molecule has 0 spiro atoms. The summed E-state index contributed by atoms with van der Waals surface area (Å²) in [6.45, 7) is -1.84. The summed E-state index contributed by atoms with van der Waals surface area (Å²) >= 11 is 0. The molecule has 1 unspecified atom stereocenters. The maximum Gasteiger partial charge on any atom is 0.387 e. The van der Waals surface area contributed by atoms with Crippen molar-refractivity contribution in [3.8, 4) is 11.8 Å². The number of hydrogen-bond donors (Lipinski definition) is 0. The van der Waals surface area contributed by atoms with Gasteiger partial charge in [0.25, 0.3) is 5.91 Å². The molecule has 1 fully saturated rings. The molecule has 0 radical (unpaired) electrons. The molecule has 1 aliphatic heterocycles. The van der Waals surface area contributed by atoms with E-state index in [2.05, 4.69) is 10.8 Å². The van der Waals surface area contributed by atoms with Crippen molar-refractivity contribution in [1.29, 1.82) is 5.26 Å². The Labute approximate surface area is 115 Å². The number of halogens is 2. The lowest BCUT2D eigenvalue weighted by Crippen LogP contribution is -2.39. The third-order valence-electron chi connectivity index (χ3n) is 3.22. The van der Waals surface area contributed by atoms with Gasteiger partial charge in [0.1, 0.15) is 5.75 Å². The van der Waals surface area contributed by atoms with E-state index in [4.69, 9.17) is 5.26 Å². The van der Waals surface area contributed by atoms with Gasteiger partial charge in [-0.05, 0) is 37.1 Å². The number of amides is 1. The average molecular weight is 280 g/mol. The second-order valence-electron chi connectivity index (χ2n) is 4.62. The molecule has 1 atom stereocenters. The van der Waals surface area contributed by atoms with Gasteiger partial charge < -0.3 is 9.64 Å². The van der Waals surface area contributed by atoms with E-state index < -0.39 is 6.61 Å². The van der Waals surface area contributed by atoms with Gasteiger partial charge in [0.15, 0.2) is 0 Å². The zero-order chi connectivity index (χ0) is 14.5. The van der Waals surface area contributed by atoms with Crippen molar-refractivity contribution in [3.05, 3.63) is 29.8 Å². The molecule has 2 rings (SSSR count). The lowest BCUT2D eigenvalue weighted by Gasteiger charge is -2.29. The van der Waals surface area contributed by atoms with Gasteiger partial charge in [-0.3, -0.25) is 4.79 Å². The summed E-state index contributed by atoms with van der Waals surface area (Å²) in [6.07, 6.45) is 1.61. The first-order valence-electron chi connectivity index (χ1n) is 6.34. The van der Waals surface area contributed by atoms with E-state index >= 15 is 0 Å². The van der Waals surface area contributed by atoms with Crippen LogP contribution in [0.3, 0.4) is 0 Å². The molecule has 1 amide bonds. The van der Waals surface area contributed by atoms with Crippen LogP contribution < -0.4 is 4.74 Å². The van der Waals surface area contributed by atoms with Crippen LogP contribution in [-0.2, 0) is 0 Å². The average Bonchev–Trinajstić information content (AvgIpc) is 2.47. The first-order valence-corrected chi connectivity index (χ1v) is 6.34. The quantitative estimate of drug-likeness (QED) is 0.855. The summed E-state index contributed by atoms with van der Waals surface area (Å²) in [4.78, 5) is 13.8. The molecule has 0 aliphatic carbocycles. The van der Waals surface area contributed by atoms with Crippen LogP contribution in [0.4, 0.5) is 8.78 Å². The Kier molecular flexibility index (Phi) is 4.51. The van der Waals surface area contributed by atoms with Crippen LogP contribution in [0, 0.1) is 17.2 Å². The normalized spacial score (nSPS) is 18.7. The Morgan fingerprint density at radius 1 is 1.40 bits per heavy atom. The maximum atomic E-state index is 12.2. The second-order valence-corrected chi connectivity index (χ2v) is 4.62. The minimum absolute atomic E-state index is 0.0186. The highest BCUT2D eigenvalue weighted by molar-refractivity contribution is 5.94. The summed E-state index contributed by atoms with van der Waals surface area (Å²) in [5.41, 5.74) is 0.408. The molecule has 4 nitrogen and oxygen atoms in total. The number of carbonyl (C=O) groups is 1. The van der Waals surface area contributed by atoms with Crippen LogP contribution >= 0.6 is 0 Å². The zero-order valence-electron chi connectivity index (χ0n) is 10.8. The maximum absolute atomic E-state index is 12.2. The van der Waals surface area contributed by atoms with Gasteiger partial charge in [0, 0.05) is 18.7 Å². The van der Waals surface area contributed by atoms with Crippen molar-refractivity contribution >= 4 is 5.91 Å². The van der Waals surface area contributed by atoms with E-state index in [0.29, 0.717) is 18.7 Å². The van der Waals surface area contributed by atoms with E-state index in [0.717, 1.165) is 12.8 Å². The van der Waals surface area contributed by atoms with Crippen LogP contribution in [0.25, 0.3) is 0 Å². The molecule has 20 heavy (non-hydrogen) atoms. The fraction of sp³-hybridized carbons (Fsp3) is 0.429. The number of nitrogens with zero attached hydrogens (tertiary/aromatic N) is 2. The highest BCUT2D eigenvalue weighted by atomic mass is 19.3. The zero-order valence-corrected chi connectivity index (χ0v) is 10.8. The number of carbonyl (C=O) groups excluding carboxylic acids is 1. The molecule has 0 N–H and O–H groups in total. The van der Waals surface area contributed by atoms with Crippen molar-refractivity contribution < 1.29 is 18.3 Å². The number of likely N-dealkylation sites (tertiary alicyclic amines) is 1. The van der Waals surface area contributed by atoms with E-state index in [-0.39, 0.29) is 17.6 Å². The number of ether oxygens (including phenoxy) is 1. The largest absolute Gasteiger partial charge is 0.435 e. The Hall–Kier alpha value is -2.16. The number of benzene rings is 1. The third-order valence-corrected chi connectivity index (χ3v) is 3.22. The van der Waals surface area contributed by atoms with Gasteiger partial charge in [0.05, 0.1) is 12.0 Å². The summed E-state index contributed by atoms with van der Waals surface area (Å²) in [7, 11) is 0. The molecule has 106 valence electrons. The second kappa shape index (κ2) is 6.33. The fourth-order valence-electron chi connectivity index (χ4n) is 2.23. The van der Waals surface area contributed by atoms with Gasteiger partial charge in [-0.25, -0.2) is 0 Å². The van der Waals surface area contributed by atoms with Gasteiger partial charge >= 0.3 is 6.61 Å². The first-order chi connectivity index (χ1) is 9.60. The smallest absolute Gasteiger partial charge is 0.387 e. The van der Waals surface area contributed by atoms with Gasteiger partial charge in [-0.1, -0.05) is 0 Å². The van der Waals surface area contributed by atoms with E-state index in [1.54, 1.807) is 4.90 Å². The lowest BCUT2D eigenvalue weighted by atomic mass is 9.99. The van der Waals surface area contributed by atoms with Crippen molar-refractivity contribution in [2.24, 2.45) is 5.92 Å². The van der Waals surface area contributed by atoms with Crippen LogP contribution in [0.15, 0.2) is 24.3 Å². The molecule has 0 bridgehead atoms. The monoisotopic (exact) mass is 280 g/mol. The van der Waals surface area contributed by atoms with Crippen LogP contribution in [-0.4, -0.2) is 30.5 Å². The van der Waals surface area contributed by atoms with Crippen LogP contribution in [0.1, 0.15) is 23.2 Å². The van der Waals surface area contributed by atoms with E-state index in [9.17, 15) is 13.6 Å². The molecule has 0 saturated carbocycles. The number of piperidine rings is 1. The fourth-order valence-corrected chi connectivity index (χ4v) is 2.23. The van der Waals surface area contributed by atoms with Gasteiger partial charge in [-0.15, -0.1) is 0 Å². The highest BCUT2D eigenvalue weighted by Gasteiger charge is 2.24. The summed E-state index contributed by atoms with van der Waals surface area (Å²) in [6, 6.07) is 7.76. The van der Waals surface area contributed by atoms with Crippen molar-refractivity contribution in [1.82, 2.24) is 4.90 Å². The minimum Gasteiger partial charge on any atom is -0.435 e. The number of nitriles is 1.